The van der Waals surface area contributed by atoms with Crippen LogP contribution >= 0.6 is 35.6 Å². The zero-order valence-electron chi connectivity index (χ0n) is 16.9. The van der Waals surface area contributed by atoms with Crippen LogP contribution in [0.3, 0.4) is 0 Å². The molecule has 32 heavy (non-hydrogen) atoms. The Morgan fingerprint density at radius 3 is 2.59 bits per heavy atom. The number of carbonyl (C=O) groups is 3. The molecule has 166 valence electrons. The highest BCUT2D eigenvalue weighted by Crippen LogP contribution is 2.33. The number of phenolic OH excluding ortho intramolecular Hbond substituents is 2. The SMILES string of the molecule is CN(CC(=O)c1ccc(O)c(O)c1)C(=O)CCN1C(=O)C(=Cc2ccccc2Cl)SC1=S. The van der Waals surface area contributed by atoms with Gasteiger partial charge in [0, 0.05) is 30.6 Å². The van der Waals surface area contributed by atoms with Gasteiger partial charge in [0.2, 0.25) is 5.91 Å². The number of amides is 2. The summed E-state index contributed by atoms with van der Waals surface area (Å²) in [6, 6.07) is 10.8. The van der Waals surface area contributed by atoms with E-state index in [0.717, 1.165) is 17.8 Å². The van der Waals surface area contributed by atoms with Crippen molar-refractivity contribution in [2.24, 2.45) is 0 Å². The lowest BCUT2D eigenvalue weighted by Gasteiger charge is -2.19. The molecule has 0 bridgehead atoms. The maximum atomic E-state index is 12.7. The number of likely N-dealkylation sites (N-methyl/N-ethyl adjacent to an activating group) is 1. The van der Waals surface area contributed by atoms with E-state index in [1.807, 2.05) is 6.07 Å². The van der Waals surface area contributed by atoms with E-state index in [9.17, 15) is 24.6 Å². The standard InChI is InChI=1S/C22H19ClN2O5S2/c1-24(12-18(28)14-6-7-16(26)17(27)10-14)20(29)8-9-25-21(30)19(32-22(25)31)11-13-4-2-3-5-15(13)23/h2-7,10-11,26-27H,8-9,12H2,1H3. The van der Waals surface area contributed by atoms with Crippen molar-refractivity contribution in [2.45, 2.75) is 6.42 Å². The first kappa shape index (κ1) is 23.8. The van der Waals surface area contributed by atoms with Gasteiger partial charge in [-0.3, -0.25) is 19.3 Å². The first-order chi connectivity index (χ1) is 15.2. The summed E-state index contributed by atoms with van der Waals surface area (Å²) in [5.41, 5.74) is 0.867. The summed E-state index contributed by atoms with van der Waals surface area (Å²) >= 11 is 12.6. The highest BCUT2D eigenvalue weighted by Gasteiger charge is 2.32. The zero-order valence-corrected chi connectivity index (χ0v) is 19.3. The van der Waals surface area contributed by atoms with Gasteiger partial charge in [-0.2, -0.15) is 0 Å². The summed E-state index contributed by atoms with van der Waals surface area (Å²) in [6.45, 7) is -0.129. The molecule has 0 aromatic heterocycles. The van der Waals surface area contributed by atoms with Crippen molar-refractivity contribution >= 4 is 63.6 Å². The van der Waals surface area contributed by atoms with Gasteiger partial charge in [0.1, 0.15) is 4.32 Å². The minimum Gasteiger partial charge on any atom is -0.504 e. The second-order valence-electron chi connectivity index (χ2n) is 6.98. The summed E-state index contributed by atoms with van der Waals surface area (Å²) in [6.07, 6.45) is 1.65. The van der Waals surface area contributed by atoms with Crippen molar-refractivity contribution in [3.05, 3.63) is 63.5 Å². The fraction of sp³-hybridized carbons (Fsp3) is 0.182. The third-order valence-electron chi connectivity index (χ3n) is 4.72. The number of thioether (sulfide) groups is 1. The van der Waals surface area contributed by atoms with E-state index in [0.29, 0.717) is 19.8 Å². The number of rotatable bonds is 7. The van der Waals surface area contributed by atoms with Gasteiger partial charge in [-0.15, -0.1) is 0 Å². The molecule has 7 nitrogen and oxygen atoms in total. The van der Waals surface area contributed by atoms with Crippen LogP contribution in [0.1, 0.15) is 22.3 Å². The third-order valence-corrected chi connectivity index (χ3v) is 6.44. The number of thiocarbonyl (C=S) groups is 1. The topological polar surface area (TPSA) is 98.2 Å². The number of nitrogens with zero attached hydrogens (tertiary/aromatic N) is 2. The number of hydrogen-bond acceptors (Lipinski definition) is 7. The van der Waals surface area contributed by atoms with Crippen LogP contribution in [0, 0.1) is 0 Å². The van der Waals surface area contributed by atoms with Crippen molar-refractivity contribution in [1.82, 2.24) is 9.80 Å². The number of carbonyl (C=O) groups excluding carboxylic acids is 3. The van der Waals surface area contributed by atoms with Crippen molar-refractivity contribution in [1.29, 1.82) is 0 Å². The van der Waals surface area contributed by atoms with Gasteiger partial charge in [-0.05, 0) is 35.9 Å². The maximum absolute atomic E-state index is 12.7. The molecule has 0 aliphatic carbocycles. The monoisotopic (exact) mass is 490 g/mol. The number of aromatic hydroxyl groups is 2. The van der Waals surface area contributed by atoms with E-state index < -0.39 is 11.5 Å². The van der Waals surface area contributed by atoms with Crippen molar-refractivity contribution in [3.8, 4) is 11.5 Å². The first-order valence-corrected chi connectivity index (χ1v) is 11.1. The first-order valence-electron chi connectivity index (χ1n) is 9.46. The van der Waals surface area contributed by atoms with E-state index >= 15 is 0 Å². The number of ketones is 1. The molecule has 1 heterocycles. The zero-order chi connectivity index (χ0) is 23.4. The summed E-state index contributed by atoms with van der Waals surface area (Å²) < 4.78 is 0.347. The van der Waals surface area contributed by atoms with E-state index in [1.165, 1.54) is 29.0 Å². The van der Waals surface area contributed by atoms with Gasteiger partial charge >= 0.3 is 0 Å². The van der Waals surface area contributed by atoms with Gasteiger partial charge < -0.3 is 15.1 Å². The van der Waals surface area contributed by atoms with Crippen molar-refractivity contribution in [2.75, 3.05) is 20.1 Å². The lowest BCUT2D eigenvalue weighted by atomic mass is 10.1. The van der Waals surface area contributed by atoms with Gasteiger partial charge in [-0.1, -0.05) is 53.8 Å². The fourth-order valence-electron chi connectivity index (χ4n) is 2.92. The number of benzene rings is 2. The predicted octanol–water partition coefficient (Wildman–Crippen LogP) is 3.68. The highest BCUT2D eigenvalue weighted by molar-refractivity contribution is 8.26. The fourth-order valence-corrected chi connectivity index (χ4v) is 4.41. The van der Waals surface area contributed by atoms with Crippen LogP contribution in [0.4, 0.5) is 0 Å². The molecular formula is C22H19ClN2O5S2. The Kier molecular flexibility index (Phi) is 7.55. The summed E-state index contributed by atoms with van der Waals surface area (Å²) in [5.74, 6) is -1.79. The normalized spacial score (nSPS) is 14.8. The quantitative estimate of drug-likeness (QED) is 0.264. The predicted molar refractivity (Wildman–Crippen MR) is 128 cm³/mol. The van der Waals surface area contributed by atoms with Crippen LogP contribution in [0.2, 0.25) is 5.02 Å². The van der Waals surface area contributed by atoms with Gasteiger partial charge in [0.15, 0.2) is 17.3 Å². The largest absolute Gasteiger partial charge is 0.504 e. The molecule has 1 aliphatic rings. The van der Waals surface area contributed by atoms with Crippen molar-refractivity contribution in [3.63, 3.8) is 0 Å². The Balaban J connectivity index is 1.58. The van der Waals surface area contributed by atoms with Crippen LogP contribution in [0.15, 0.2) is 47.4 Å². The third kappa shape index (κ3) is 5.48. The second-order valence-corrected chi connectivity index (χ2v) is 9.06. The number of phenols is 2. The number of hydrogen-bond donors (Lipinski definition) is 2. The summed E-state index contributed by atoms with van der Waals surface area (Å²) in [4.78, 5) is 40.6. The Morgan fingerprint density at radius 2 is 1.91 bits per heavy atom. The molecule has 1 saturated heterocycles. The molecule has 2 aromatic carbocycles. The lowest BCUT2D eigenvalue weighted by Crippen LogP contribution is -2.36. The van der Waals surface area contributed by atoms with E-state index in [-0.39, 0.29) is 42.6 Å². The average molecular weight is 491 g/mol. The van der Waals surface area contributed by atoms with Crippen molar-refractivity contribution < 1.29 is 24.6 Å². The highest BCUT2D eigenvalue weighted by atomic mass is 35.5. The maximum Gasteiger partial charge on any atom is 0.266 e. The number of halogens is 1. The molecule has 2 amide bonds. The Morgan fingerprint density at radius 1 is 1.19 bits per heavy atom. The molecule has 2 aromatic rings. The van der Waals surface area contributed by atoms with Gasteiger partial charge in [-0.25, -0.2) is 0 Å². The van der Waals surface area contributed by atoms with Crippen LogP contribution < -0.4 is 0 Å². The Labute approximate surface area is 199 Å². The van der Waals surface area contributed by atoms with E-state index in [1.54, 1.807) is 24.3 Å². The molecular weight excluding hydrogens is 472 g/mol. The minimum absolute atomic E-state index is 0.0174. The molecule has 1 aliphatic heterocycles. The molecule has 0 atom stereocenters. The molecule has 0 unspecified atom stereocenters. The number of Topliss-reactive ketones (excluding diaryl/α,β-unsaturated/α-hetero) is 1. The lowest BCUT2D eigenvalue weighted by molar-refractivity contribution is -0.130. The molecule has 0 spiro atoms. The second kappa shape index (κ2) is 10.2. The summed E-state index contributed by atoms with van der Waals surface area (Å²) in [5, 5.41) is 19.4. The van der Waals surface area contributed by atoms with Gasteiger partial charge in [0.05, 0.1) is 11.4 Å². The molecule has 2 N–H and O–H groups in total. The van der Waals surface area contributed by atoms with Gasteiger partial charge in [0.25, 0.3) is 5.91 Å². The molecule has 0 saturated carbocycles. The Hall–Kier alpha value is -2.88. The van der Waals surface area contributed by atoms with Crippen LogP contribution in [-0.2, 0) is 9.59 Å². The smallest absolute Gasteiger partial charge is 0.266 e. The van der Waals surface area contributed by atoms with Crippen LogP contribution in [0.25, 0.3) is 6.08 Å². The Bertz CT molecular complexity index is 1140. The summed E-state index contributed by atoms with van der Waals surface area (Å²) in [7, 11) is 1.47. The molecule has 10 heteroatoms. The van der Waals surface area contributed by atoms with Crippen LogP contribution in [0.5, 0.6) is 11.5 Å². The molecule has 0 radical (unpaired) electrons. The average Bonchev–Trinajstić information content (AvgIpc) is 3.02. The molecule has 1 fully saturated rings. The van der Waals surface area contributed by atoms with E-state index in [2.05, 4.69) is 0 Å². The van der Waals surface area contributed by atoms with Crippen LogP contribution in [-0.4, -0.2) is 62.1 Å². The van der Waals surface area contributed by atoms with E-state index in [4.69, 9.17) is 23.8 Å². The molecule has 3 rings (SSSR count). The minimum atomic E-state index is -0.413.